The lowest BCUT2D eigenvalue weighted by Crippen LogP contribution is -2.44. The lowest BCUT2D eigenvalue weighted by Gasteiger charge is -2.27. The van der Waals surface area contributed by atoms with E-state index in [4.69, 9.17) is 9.47 Å². The van der Waals surface area contributed by atoms with E-state index in [0.717, 1.165) is 44.7 Å². The highest BCUT2D eigenvalue weighted by Crippen LogP contribution is 2.33. The molecule has 0 saturated carbocycles. The van der Waals surface area contributed by atoms with Crippen LogP contribution in [-0.4, -0.2) is 51.8 Å². The number of hydrogen-bond donors (Lipinski definition) is 1. The molecule has 1 aliphatic heterocycles. The average molecular weight is 282 g/mol. The Labute approximate surface area is 119 Å². The summed E-state index contributed by atoms with van der Waals surface area (Å²) in [5.41, 5.74) is 1.65. The standard InChI is InChI=1S/C15H23FN2O2/c1-19-14-10-12(9-13(11-16)15(14)20-2)3-6-18-7-4-17-5-8-18/h9-10,17H,3-8,11H2,1-2H3. The van der Waals surface area contributed by atoms with Gasteiger partial charge in [0.05, 0.1) is 14.2 Å². The summed E-state index contributed by atoms with van der Waals surface area (Å²) in [6.07, 6.45) is 0.896. The zero-order valence-corrected chi connectivity index (χ0v) is 12.2. The first kappa shape index (κ1) is 15.1. The minimum absolute atomic E-state index is 0.501. The molecule has 1 aromatic carbocycles. The van der Waals surface area contributed by atoms with Gasteiger partial charge in [-0.15, -0.1) is 0 Å². The van der Waals surface area contributed by atoms with E-state index in [1.54, 1.807) is 7.11 Å². The van der Waals surface area contributed by atoms with Gasteiger partial charge < -0.3 is 19.7 Å². The third-order valence-electron chi connectivity index (χ3n) is 3.69. The zero-order chi connectivity index (χ0) is 14.4. The summed E-state index contributed by atoms with van der Waals surface area (Å²) in [6, 6.07) is 3.82. The van der Waals surface area contributed by atoms with E-state index in [9.17, 15) is 4.39 Å². The van der Waals surface area contributed by atoms with Crippen LogP contribution in [0.5, 0.6) is 11.5 Å². The largest absolute Gasteiger partial charge is 0.493 e. The number of piperazine rings is 1. The second-order valence-corrected chi connectivity index (χ2v) is 4.97. The number of methoxy groups -OCH3 is 2. The maximum atomic E-state index is 13.1. The Balaban J connectivity index is 2.06. The van der Waals surface area contributed by atoms with Crippen molar-refractivity contribution in [2.45, 2.75) is 13.1 Å². The summed E-state index contributed by atoms with van der Waals surface area (Å²) in [4.78, 5) is 2.42. The molecule has 0 unspecified atom stereocenters. The first-order valence-electron chi connectivity index (χ1n) is 7.01. The molecule has 20 heavy (non-hydrogen) atoms. The van der Waals surface area contributed by atoms with Crippen LogP contribution in [0.1, 0.15) is 11.1 Å². The highest BCUT2D eigenvalue weighted by molar-refractivity contribution is 5.49. The van der Waals surface area contributed by atoms with Crippen molar-refractivity contribution in [1.82, 2.24) is 10.2 Å². The molecule has 0 aliphatic carbocycles. The highest BCUT2D eigenvalue weighted by Gasteiger charge is 2.14. The molecule has 4 nitrogen and oxygen atoms in total. The smallest absolute Gasteiger partial charge is 0.166 e. The van der Waals surface area contributed by atoms with E-state index >= 15 is 0 Å². The summed E-state index contributed by atoms with van der Waals surface area (Å²) in [5, 5.41) is 3.34. The van der Waals surface area contributed by atoms with Crippen LogP contribution < -0.4 is 14.8 Å². The van der Waals surface area contributed by atoms with Crippen molar-refractivity contribution in [2.75, 3.05) is 46.9 Å². The SMILES string of the molecule is COc1cc(CCN2CCNCC2)cc(CF)c1OC. The molecule has 112 valence electrons. The van der Waals surface area contributed by atoms with Crippen molar-refractivity contribution in [3.05, 3.63) is 23.3 Å². The lowest BCUT2D eigenvalue weighted by atomic mass is 10.1. The fourth-order valence-corrected chi connectivity index (χ4v) is 2.57. The lowest BCUT2D eigenvalue weighted by molar-refractivity contribution is 0.243. The van der Waals surface area contributed by atoms with Crippen LogP contribution in [0.4, 0.5) is 4.39 Å². The Kier molecular flexibility index (Phi) is 5.61. The zero-order valence-electron chi connectivity index (χ0n) is 12.2. The molecule has 1 aromatic rings. The van der Waals surface area contributed by atoms with Gasteiger partial charge in [-0.3, -0.25) is 0 Å². The average Bonchev–Trinajstić information content (AvgIpc) is 2.52. The van der Waals surface area contributed by atoms with Gasteiger partial charge in [0.15, 0.2) is 11.5 Å². The third kappa shape index (κ3) is 3.61. The molecule has 5 heteroatoms. The monoisotopic (exact) mass is 282 g/mol. The molecule has 1 fully saturated rings. The van der Waals surface area contributed by atoms with E-state index in [-0.39, 0.29) is 0 Å². The predicted octanol–water partition coefficient (Wildman–Crippen LogP) is 1.62. The van der Waals surface area contributed by atoms with Gasteiger partial charge in [0.25, 0.3) is 0 Å². The Bertz CT molecular complexity index is 409. The second kappa shape index (κ2) is 7.45. The summed E-state index contributed by atoms with van der Waals surface area (Å²) >= 11 is 0. The van der Waals surface area contributed by atoms with Crippen LogP contribution >= 0.6 is 0 Å². The molecule has 0 aromatic heterocycles. The van der Waals surface area contributed by atoms with Gasteiger partial charge >= 0.3 is 0 Å². The van der Waals surface area contributed by atoms with Crippen molar-refractivity contribution in [3.8, 4) is 11.5 Å². The van der Waals surface area contributed by atoms with E-state index < -0.39 is 6.67 Å². The van der Waals surface area contributed by atoms with Gasteiger partial charge in [-0.2, -0.15) is 0 Å². The van der Waals surface area contributed by atoms with Crippen LogP contribution in [0.25, 0.3) is 0 Å². The number of nitrogens with zero attached hydrogens (tertiary/aromatic N) is 1. The molecule has 0 bridgehead atoms. The van der Waals surface area contributed by atoms with Gasteiger partial charge in [-0.1, -0.05) is 0 Å². The fraction of sp³-hybridized carbons (Fsp3) is 0.600. The van der Waals surface area contributed by atoms with Crippen molar-refractivity contribution in [3.63, 3.8) is 0 Å². The molecule has 0 atom stereocenters. The van der Waals surface area contributed by atoms with E-state index in [2.05, 4.69) is 10.2 Å². The molecule has 1 saturated heterocycles. The van der Waals surface area contributed by atoms with Crippen molar-refractivity contribution < 1.29 is 13.9 Å². The van der Waals surface area contributed by atoms with E-state index in [0.29, 0.717) is 17.1 Å². The number of halogens is 1. The van der Waals surface area contributed by atoms with Gasteiger partial charge in [0.1, 0.15) is 6.67 Å². The van der Waals surface area contributed by atoms with Crippen LogP contribution in [0.3, 0.4) is 0 Å². The maximum Gasteiger partial charge on any atom is 0.166 e. The summed E-state index contributed by atoms with van der Waals surface area (Å²) in [6.45, 7) is 4.68. The van der Waals surface area contributed by atoms with Crippen LogP contribution in [0, 0.1) is 0 Å². The van der Waals surface area contributed by atoms with Gasteiger partial charge in [0, 0.05) is 38.3 Å². The Morgan fingerprint density at radius 1 is 1.20 bits per heavy atom. The molecule has 1 N–H and O–H groups in total. The summed E-state index contributed by atoms with van der Waals surface area (Å²) in [5.74, 6) is 1.11. The van der Waals surface area contributed by atoms with Crippen LogP contribution in [0.15, 0.2) is 12.1 Å². The molecule has 1 aliphatic rings. The van der Waals surface area contributed by atoms with Crippen molar-refractivity contribution in [1.29, 1.82) is 0 Å². The number of hydrogen-bond acceptors (Lipinski definition) is 4. The second-order valence-electron chi connectivity index (χ2n) is 4.97. The van der Waals surface area contributed by atoms with Crippen molar-refractivity contribution in [2.24, 2.45) is 0 Å². The molecule has 0 spiro atoms. The normalized spacial score (nSPS) is 16.1. The minimum Gasteiger partial charge on any atom is -0.493 e. The number of ether oxygens (including phenoxy) is 2. The Morgan fingerprint density at radius 2 is 1.95 bits per heavy atom. The van der Waals surface area contributed by atoms with Crippen LogP contribution in [-0.2, 0) is 13.1 Å². The first-order chi connectivity index (χ1) is 9.78. The predicted molar refractivity (Wildman–Crippen MR) is 77.4 cm³/mol. The molecular weight excluding hydrogens is 259 g/mol. The minimum atomic E-state index is -0.541. The summed E-state index contributed by atoms with van der Waals surface area (Å²) < 4.78 is 23.6. The number of rotatable bonds is 6. The van der Waals surface area contributed by atoms with E-state index in [1.807, 2.05) is 12.1 Å². The fourth-order valence-electron chi connectivity index (χ4n) is 2.57. The van der Waals surface area contributed by atoms with Crippen molar-refractivity contribution >= 4 is 0 Å². The van der Waals surface area contributed by atoms with Gasteiger partial charge in [-0.25, -0.2) is 4.39 Å². The first-order valence-corrected chi connectivity index (χ1v) is 7.01. The summed E-state index contributed by atoms with van der Waals surface area (Å²) in [7, 11) is 3.12. The highest BCUT2D eigenvalue weighted by atomic mass is 19.1. The van der Waals surface area contributed by atoms with Gasteiger partial charge in [0.2, 0.25) is 0 Å². The Morgan fingerprint density at radius 3 is 2.55 bits per heavy atom. The maximum absolute atomic E-state index is 13.1. The molecular formula is C15H23FN2O2. The quantitative estimate of drug-likeness (QED) is 0.860. The Hall–Kier alpha value is -1.33. The van der Waals surface area contributed by atoms with E-state index in [1.165, 1.54) is 7.11 Å². The molecule has 0 amide bonds. The third-order valence-corrected chi connectivity index (χ3v) is 3.69. The van der Waals surface area contributed by atoms with Gasteiger partial charge in [-0.05, 0) is 24.1 Å². The molecule has 2 rings (SSSR count). The number of alkyl halides is 1. The number of benzene rings is 1. The topological polar surface area (TPSA) is 33.7 Å². The van der Waals surface area contributed by atoms with Crippen LogP contribution in [0.2, 0.25) is 0 Å². The molecule has 1 heterocycles. The number of nitrogens with one attached hydrogen (secondary N) is 1. The molecule has 0 radical (unpaired) electrons.